The molecule has 0 aliphatic heterocycles. The van der Waals surface area contributed by atoms with Crippen molar-refractivity contribution < 1.29 is 8.42 Å². The predicted molar refractivity (Wildman–Crippen MR) is 69.9 cm³/mol. The molecule has 0 saturated carbocycles. The molecule has 0 aromatic carbocycles. The molecule has 7 heteroatoms. The second-order valence-electron chi connectivity index (χ2n) is 4.13. The van der Waals surface area contributed by atoms with E-state index in [0.717, 1.165) is 18.7 Å². The van der Waals surface area contributed by atoms with E-state index in [1.54, 1.807) is 4.68 Å². The third-order valence-electron chi connectivity index (χ3n) is 2.37. The maximum absolute atomic E-state index is 11.0. The van der Waals surface area contributed by atoms with E-state index in [1.165, 1.54) is 6.26 Å². The van der Waals surface area contributed by atoms with Gasteiger partial charge in [-0.2, -0.15) is 5.10 Å². The van der Waals surface area contributed by atoms with E-state index < -0.39 is 9.84 Å². The van der Waals surface area contributed by atoms with E-state index in [1.807, 2.05) is 13.8 Å². The Hall–Kier alpha value is -1.24. The average Bonchev–Trinajstić information content (AvgIpc) is 2.44. The highest BCUT2D eigenvalue weighted by molar-refractivity contribution is 7.90. The minimum Gasteiger partial charge on any atom is -0.394 e. The zero-order valence-corrected chi connectivity index (χ0v) is 11.3. The molecule has 0 fully saturated rings. The van der Waals surface area contributed by atoms with Crippen molar-refractivity contribution in [2.75, 3.05) is 29.6 Å². The van der Waals surface area contributed by atoms with Gasteiger partial charge in [-0.15, -0.1) is 0 Å². The van der Waals surface area contributed by atoms with Gasteiger partial charge in [-0.3, -0.25) is 0 Å². The predicted octanol–water partition coefficient (Wildman–Crippen LogP) is 0.640. The Balaban J connectivity index is 2.75. The lowest BCUT2D eigenvalue weighted by Crippen LogP contribution is -2.17. The van der Waals surface area contributed by atoms with Crippen LogP contribution in [0.5, 0.6) is 0 Å². The van der Waals surface area contributed by atoms with Crippen molar-refractivity contribution in [2.45, 2.75) is 26.8 Å². The van der Waals surface area contributed by atoms with E-state index in [4.69, 9.17) is 5.73 Å². The molecule has 1 aromatic heterocycles. The number of hydrogen-bond donors (Lipinski definition) is 2. The van der Waals surface area contributed by atoms with Crippen LogP contribution in [0.2, 0.25) is 0 Å². The van der Waals surface area contributed by atoms with Gasteiger partial charge in [0.1, 0.15) is 15.7 Å². The van der Waals surface area contributed by atoms with Gasteiger partial charge in [0.2, 0.25) is 0 Å². The number of nitrogens with two attached hydrogens (primary N) is 1. The summed E-state index contributed by atoms with van der Waals surface area (Å²) in [5.41, 5.74) is 7.24. The summed E-state index contributed by atoms with van der Waals surface area (Å²) < 4.78 is 23.8. The lowest BCUT2D eigenvalue weighted by molar-refractivity contribution is 0.598. The highest BCUT2D eigenvalue weighted by Gasteiger charge is 2.12. The van der Waals surface area contributed by atoms with Crippen LogP contribution >= 0.6 is 0 Å². The molecule has 0 bridgehead atoms. The SMILES string of the molecule is CCCn1nc(C)c(N)c1NCCS(C)(=O)=O. The Bertz CT molecular complexity index is 479. The molecular weight excluding hydrogens is 240 g/mol. The van der Waals surface area contributed by atoms with Crippen molar-refractivity contribution in [1.82, 2.24) is 9.78 Å². The molecule has 0 aliphatic rings. The normalized spacial score (nSPS) is 11.7. The third-order valence-corrected chi connectivity index (χ3v) is 3.32. The van der Waals surface area contributed by atoms with Crippen molar-refractivity contribution >= 4 is 21.3 Å². The van der Waals surface area contributed by atoms with Crippen LogP contribution < -0.4 is 11.1 Å². The maximum Gasteiger partial charge on any atom is 0.149 e. The topological polar surface area (TPSA) is 90.0 Å². The van der Waals surface area contributed by atoms with Crippen molar-refractivity contribution in [3.8, 4) is 0 Å². The average molecular weight is 260 g/mol. The summed E-state index contributed by atoms with van der Waals surface area (Å²) in [5.74, 6) is 0.802. The summed E-state index contributed by atoms with van der Waals surface area (Å²) in [5, 5.41) is 7.33. The molecule has 0 saturated heterocycles. The molecular formula is C10H20N4O2S. The van der Waals surface area contributed by atoms with Crippen LogP contribution in [0.3, 0.4) is 0 Å². The Morgan fingerprint density at radius 3 is 2.65 bits per heavy atom. The molecule has 6 nitrogen and oxygen atoms in total. The van der Waals surface area contributed by atoms with Crippen molar-refractivity contribution in [1.29, 1.82) is 0 Å². The molecule has 3 N–H and O–H groups in total. The van der Waals surface area contributed by atoms with Crippen LogP contribution in [0, 0.1) is 6.92 Å². The van der Waals surface area contributed by atoms with Crippen LogP contribution in [-0.4, -0.2) is 36.8 Å². The molecule has 0 atom stereocenters. The second-order valence-corrected chi connectivity index (χ2v) is 6.39. The van der Waals surface area contributed by atoms with Crippen LogP contribution in [0.15, 0.2) is 0 Å². The minimum atomic E-state index is -2.96. The molecule has 0 spiro atoms. The van der Waals surface area contributed by atoms with Gasteiger partial charge in [0.25, 0.3) is 0 Å². The number of nitrogens with zero attached hydrogens (tertiary/aromatic N) is 2. The lowest BCUT2D eigenvalue weighted by atomic mass is 10.4. The highest BCUT2D eigenvalue weighted by Crippen LogP contribution is 2.22. The number of hydrogen-bond acceptors (Lipinski definition) is 5. The van der Waals surface area contributed by atoms with E-state index in [9.17, 15) is 8.42 Å². The Morgan fingerprint density at radius 1 is 1.47 bits per heavy atom. The first-order valence-electron chi connectivity index (χ1n) is 5.59. The number of aryl methyl sites for hydroxylation is 2. The zero-order chi connectivity index (χ0) is 13.1. The zero-order valence-electron chi connectivity index (χ0n) is 10.5. The largest absolute Gasteiger partial charge is 0.394 e. The minimum absolute atomic E-state index is 0.0861. The molecule has 0 amide bonds. The van der Waals surface area contributed by atoms with Gasteiger partial charge in [-0.25, -0.2) is 13.1 Å². The van der Waals surface area contributed by atoms with E-state index in [2.05, 4.69) is 10.4 Å². The molecule has 0 aliphatic carbocycles. The molecule has 0 radical (unpaired) electrons. The number of rotatable bonds is 6. The first-order chi connectivity index (χ1) is 7.85. The van der Waals surface area contributed by atoms with Crippen LogP contribution in [0.4, 0.5) is 11.5 Å². The van der Waals surface area contributed by atoms with Crippen LogP contribution in [0.25, 0.3) is 0 Å². The van der Waals surface area contributed by atoms with E-state index >= 15 is 0 Å². The number of aromatic nitrogens is 2. The summed E-state index contributed by atoms with van der Waals surface area (Å²) in [6, 6.07) is 0. The number of nitrogens with one attached hydrogen (secondary N) is 1. The van der Waals surface area contributed by atoms with Gasteiger partial charge >= 0.3 is 0 Å². The first kappa shape index (κ1) is 13.8. The molecule has 1 heterocycles. The monoisotopic (exact) mass is 260 g/mol. The summed E-state index contributed by atoms with van der Waals surface area (Å²) in [6.07, 6.45) is 2.16. The smallest absolute Gasteiger partial charge is 0.149 e. The van der Waals surface area contributed by atoms with Crippen molar-refractivity contribution in [3.05, 3.63) is 5.69 Å². The van der Waals surface area contributed by atoms with Gasteiger partial charge in [0, 0.05) is 19.3 Å². The Morgan fingerprint density at radius 2 is 2.12 bits per heavy atom. The summed E-state index contributed by atoms with van der Waals surface area (Å²) in [7, 11) is -2.96. The molecule has 1 aromatic rings. The third kappa shape index (κ3) is 3.92. The van der Waals surface area contributed by atoms with Gasteiger partial charge in [0.15, 0.2) is 0 Å². The summed E-state index contributed by atoms with van der Waals surface area (Å²) in [4.78, 5) is 0. The van der Waals surface area contributed by atoms with Gasteiger partial charge in [0.05, 0.1) is 17.1 Å². The summed E-state index contributed by atoms with van der Waals surface area (Å²) in [6.45, 7) is 4.99. The second kappa shape index (κ2) is 5.39. The van der Waals surface area contributed by atoms with Gasteiger partial charge in [-0.1, -0.05) is 6.92 Å². The fraction of sp³-hybridized carbons (Fsp3) is 0.700. The molecule has 98 valence electrons. The Kier molecular flexibility index (Phi) is 4.39. The molecule has 0 unspecified atom stereocenters. The van der Waals surface area contributed by atoms with Crippen LogP contribution in [0.1, 0.15) is 19.0 Å². The number of anilines is 2. The first-order valence-corrected chi connectivity index (χ1v) is 7.65. The van der Waals surface area contributed by atoms with E-state index in [-0.39, 0.29) is 5.75 Å². The fourth-order valence-electron chi connectivity index (χ4n) is 1.51. The maximum atomic E-state index is 11.0. The number of sulfone groups is 1. The lowest BCUT2D eigenvalue weighted by Gasteiger charge is -2.09. The molecule has 17 heavy (non-hydrogen) atoms. The van der Waals surface area contributed by atoms with E-state index in [0.29, 0.717) is 18.1 Å². The fourth-order valence-corrected chi connectivity index (χ4v) is 1.98. The quantitative estimate of drug-likeness (QED) is 0.783. The van der Waals surface area contributed by atoms with Crippen molar-refractivity contribution in [2.24, 2.45) is 0 Å². The highest BCUT2D eigenvalue weighted by atomic mass is 32.2. The van der Waals surface area contributed by atoms with Crippen molar-refractivity contribution in [3.63, 3.8) is 0 Å². The number of nitrogen functional groups attached to an aromatic ring is 1. The summed E-state index contributed by atoms with van der Waals surface area (Å²) >= 11 is 0. The van der Waals surface area contributed by atoms with Crippen LogP contribution in [-0.2, 0) is 16.4 Å². The molecule has 1 rings (SSSR count). The van der Waals surface area contributed by atoms with Gasteiger partial charge in [-0.05, 0) is 13.3 Å². The Labute approximate surface area is 102 Å². The van der Waals surface area contributed by atoms with Gasteiger partial charge < -0.3 is 11.1 Å². The standard InChI is InChI=1S/C10H20N4O2S/c1-4-6-14-10(9(11)8(2)13-14)12-5-7-17(3,15)16/h12H,4-7,11H2,1-3H3.